The number of aryl methyl sites for hydroxylation is 2. The Kier molecular flexibility index (Phi) is 16.8. The van der Waals surface area contributed by atoms with E-state index in [1.54, 1.807) is 6.08 Å². The molecule has 0 spiro atoms. The molecule has 498 valence electrons. The molecule has 0 N–H and O–H groups in total. The van der Waals surface area contributed by atoms with Gasteiger partial charge in [0.25, 0.3) is 0 Å². The van der Waals surface area contributed by atoms with Gasteiger partial charge in [-0.05, 0) is 268 Å². The van der Waals surface area contributed by atoms with Crippen LogP contribution < -0.4 is 9.80 Å². The zero-order chi connectivity index (χ0) is 69.3. The first-order chi connectivity index (χ1) is 45.7. The molecule has 0 amide bonds. The lowest BCUT2D eigenvalue weighted by molar-refractivity contribution is -0.0159. The van der Waals surface area contributed by atoms with Crippen LogP contribution in [0.3, 0.4) is 0 Å². The van der Waals surface area contributed by atoms with Crippen molar-refractivity contribution in [3.63, 3.8) is 0 Å². The number of fused-ring (bicyclic) bond motifs is 2. The Morgan fingerprint density at radius 2 is 1.07 bits per heavy atom. The van der Waals surface area contributed by atoms with Crippen LogP contribution in [0.25, 0.3) is 55.2 Å². The highest BCUT2D eigenvalue weighted by Gasteiger charge is 2.42. The molecule has 6 heterocycles. The molecule has 0 aromatic heterocycles. The summed E-state index contributed by atoms with van der Waals surface area (Å²) in [5.74, 6) is 1.22. The third kappa shape index (κ3) is 12.6. The summed E-state index contributed by atoms with van der Waals surface area (Å²) in [4.78, 5) is 5.35. The fourth-order valence-electron chi connectivity index (χ4n) is 17.0. The maximum atomic E-state index is 10.2. The van der Waals surface area contributed by atoms with Crippen molar-refractivity contribution >= 4 is 66.6 Å². The highest BCUT2D eigenvalue weighted by Crippen LogP contribution is 2.52. The quantitative estimate of drug-likeness (QED) is 0.0713. The monoisotopic (exact) mass is 1280 g/mol. The second kappa shape index (κ2) is 24.2. The Balaban J connectivity index is 0.747. The lowest BCUT2D eigenvalue weighted by Gasteiger charge is -2.48. The highest BCUT2D eigenvalue weighted by molar-refractivity contribution is 6.33. The molecule has 6 aliphatic heterocycles. The fraction of sp³-hybridized carbons (Fsp3) is 0.461. The van der Waals surface area contributed by atoms with Gasteiger partial charge in [-0.15, -0.1) is 0 Å². The van der Waals surface area contributed by atoms with E-state index in [9.17, 15) is 21.0 Å². The molecule has 0 radical (unpaired) electrons. The van der Waals surface area contributed by atoms with E-state index in [-0.39, 0.29) is 55.8 Å². The van der Waals surface area contributed by atoms with E-state index >= 15 is 0 Å². The number of benzene rings is 7. The van der Waals surface area contributed by atoms with Crippen LogP contribution >= 0.6 is 0 Å². The average Bonchev–Trinajstić information content (AvgIpc) is 0.705. The lowest BCUT2D eigenvalue weighted by atomic mass is 9.69. The van der Waals surface area contributed by atoms with Gasteiger partial charge in [-0.3, -0.25) is 0 Å². The Bertz CT molecular complexity index is 4690. The van der Waals surface area contributed by atoms with Crippen molar-refractivity contribution in [3.05, 3.63) is 187 Å². The topological polar surface area (TPSA) is 120 Å². The largest absolute Gasteiger partial charge is 0.461 e. The maximum Gasteiger partial charge on any atom is 0.137 e. The molecule has 3 atom stereocenters. The van der Waals surface area contributed by atoms with Gasteiger partial charge in [0.15, 0.2) is 0 Å². The van der Waals surface area contributed by atoms with Crippen molar-refractivity contribution in [3.8, 4) is 24.3 Å². The summed E-state index contributed by atoms with van der Waals surface area (Å²) >= 11 is 0. The maximum absolute atomic E-state index is 10.2. The first kappa shape index (κ1) is 67.2. The second-order valence-electron chi connectivity index (χ2n) is 35.3. The van der Waals surface area contributed by atoms with Crippen LogP contribution in [-0.2, 0) is 54.8 Å². The van der Waals surface area contributed by atoms with Gasteiger partial charge in [0.1, 0.15) is 46.9 Å². The SMILES string of the molecule is CC(C)(CCC1CC(=C(C#N)C#N)CC(/C=C/c2cc3c4c(c2)CCC(CC(C)(C)c2cc5cc(C(C)(C)C)cc6c7cc(C(C)(C)C)cc8cc(C(C)(C)C)cc(c(c2)c56)c87)N4CCC3)O1)C1=CC(=C(C#N)C#N)C=C(/C=C/c2cc3c4c(c2)C(C)(C)CCN4CCC3(C)C)O1. The molecular weight excluding hydrogens is 1190 g/mol. The van der Waals surface area contributed by atoms with Crippen LogP contribution in [0.15, 0.2) is 131 Å². The van der Waals surface area contributed by atoms with Gasteiger partial charge in [0.2, 0.25) is 0 Å². The Morgan fingerprint density at radius 3 is 1.61 bits per heavy atom. The first-order valence-corrected chi connectivity index (χ1v) is 36.0. The van der Waals surface area contributed by atoms with Gasteiger partial charge in [-0.2, -0.15) is 21.0 Å². The molecular formula is C89H100N6O2. The lowest BCUT2D eigenvalue weighted by Crippen LogP contribution is -2.45. The number of rotatable bonds is 11. The normalized spacial score (nSPS) is 20.3. The number of nitrogens with zero attached hydrogens (tertiary/aromatic N) is 6. The third-order valence-electron chi connectivity index (χ3n) is 23.2. The van der Waals surface area contributed by atoms with Crippen LogP contribution in [0.1, 0.15) is 231 Å². The molecule has 0 aliphatic carbocycles. The standard InChI is InChI=1S/C89H100N6O2/c1-83(2,3)64-37-60-38-65(84(4,5)6)47-74-75-48-67(40-61-39-66(85(7,8)9)46-73(80(61)75)72(45-64)79(60)74)89(16,17)49-68-23-22-57-34-54(33-56-19-18-30-95(68)81(56)57)20-24-69-41-58(62(50-90)51-91)42-71(96-69)26-27-88(14,15)78-44-59(63(52-92)53-93)43-70(97-78)25-21-55-35-76-82-77(36-55)87(12,13)29-32-94(82)31-28-86(76,10)11/h20-21,24-25,33-40,43-48,68-69,71H,18-19,22-23,26-32,41-42,49H2,1-17H3/b24-20+,25-21+. The van der Waals surface area contributed by atoms with E-state index in [4.69, 9.17) is 9.47 Å². The van der Waals surface area contributed by atoms with E-state index in [0.29, 0.717) is 48.8 Å². The minimum atomic E-state index is -0.553. The van der Waals surface area contributed by atoms with Crippen molar-refractivity contribution in [2.24, 2.45) is 5.41 Å². The van der Waals surface area contributed by atoms with E-state index in [0.717, 1.165) is 81.3 Å². The van der Waals surface area contributed by atoms with Gasteiger partial charge in [0, 0.05) is 54.5 Å². The molecule has 3 unspecified atom stereocenters. The van der Waals surface area contributed by atoms with Gasteiger partial charge in [-0.1, -0.05) is 160 Å². The van der Waals surface area contributed by atoms with E-state index < -0.39 is 5.41 Å². The molecule has 7 aromatic carbocycles. The fourth-order valence-corrected chi connectivity index (χ4v) is 17.0. The molecule has 97 heavy (non-hydrogen) atoms. The molecule has 0 bridgehead atoms. The van der Waals surface area contributed by atoms with Gasteiger partial charge >= 0.3 is 0 Å². The zero-order valence-corrected chi connectivity index (χ0v) is 61.0. The number of nitriles is 4. The van der Waals surface area contributed by atoms with Crippen molar-refractivity contribution in [2.75, 3.05) is 29.4 Å². The Morgan fingerprint density at radius 1 is 0.557 bits per heavy atom. The summed E-state index contributed by atoms with van der Waals surface area (Å²) in [6.07, 6.45) is 21.2. The van der Waals surface area contributed by atoms with Crippen molar-refractivity contribution in [1.82, 2.24) is 0 Å². The number of anilines is 2. The van der Waals surface area contributed by atoms with Crippen LogP contribution in [-0.4, -0.2) is 37.9 Å². The Hall–Kier alpha value is -8.40. The summed E-state index contributed by atoms with van der Waals surface area (Å²) in [5, 5.41) is 51.7. The molecule has 8 heteroatoms. The highest BCUT2D eigenvalue weighted by atomic mass is 16.5. The average molecular weight is 1290 g/mol. The number of allylic oxidation sites excluding steroid dienone is 7. The summed E-state index contributed by atoms with van der Waals surface area (Å²) < 4.78 is 13.7. The predicted octanol–water partition coefficient (Wildman–Crippen LogP) is 21.8. The van der Waals surface area contributed by atoms with Crippen LogP contribution in [0.4, 0.5) is 11.4 Å². The minimum Gasteiger partial charge on any atom is -0.461 e. The van der Waals surface area contributed by atoms with E-state index in [2.05, 4.69) is 243 Å². The molecule has 0 saturated carbocycles. The first-order valence-electron chi connectivity index (χ1n) is 36.0. The van der Waals surface area contributed by atoms with Crippen molar-refractivity contribution in [1.29, 1.82) is 21.0 Å². The minimum absolute atomic E-state index is 0.000762. The predicted molar refractivity (Wildman–Crippen MR) is 402 cm³/mol. The summed E-state index contributed by atoms with van der Waals surface area (Å²) in [5.41, 5.74) is 17.1. The van der Waals surface area contributed by atoms with Crippen LogP contribution in [0, 0.1) is 50.7 Å². The number of hydrogen-bond donors (Lipinski definition) is 0. The molecule has 1 fully saturated rings. The zero-order valence-electron chi connectivity index (χ0n) is 61.0. The molecule has 13 rings (SSSR count). The number of ether oxygens (including phenoxy) is 2. The van der Waals surface area contributed by atoms with E-state index in [1.807, 2.05) is 12.2 Å². The Labute approximate surface area is 578 Å². The van der Waals surface area contributed by atoms with Crippen molar-refractivity contribution < 1.29 is 9.47 Å². The van der Waals surface area contributed by atoms with E-state index in [1.165, 1.54) is 99.0 Å². The summed E-state index contributed by atoms with van der Waals surface area (Å²) in [7, 11) is 0. The van der Waals surface area contributed by atoms with Crippen molar-refractivity contribution in [2.45, 2.75) is 239 Å². The molecule has 7 aromatic rings. The smallest absolute Gasteiger partial charge is 0.137 e. The van der Waals surface area contributed by atoms with Gasteiger partial charge in [0.05, 0.1) is 12.2 Å². The molecule has 1 saturated heterocycles. The molecule has 6 aliphatic rings. The molecule has 8 nitrogen and oxygen atoms in total. The van der Waals surface area contributed by atoms with Crippen LogP contribution in [0.2, 0.25) is 0 Å². The summed E-state index contributed by atoms with van der Waals surface area (Å²) in [6.45, 7) is 43.0. The summed E-state index contributed by atoms with van der Waals surface area (Å²) in [6, 6.07) is 38.7. The second-order valence-corrected chi connectivity index (χ2v) is 35.3. The van der Waals surface area contributed by atoms with Crippen LogP contribution in [0.5, 0.6) is 0 Å². The van der Waals surface area contributed by atoms with Gasteiger partial charge in [-0.25, -0.2) is 0 Å². The number of hydrogen-bond acceptors (Lipinski definition) is 8. The third-order valence-corrected chi connectivity index (χ3v) is 23.2. The van der Waals surface area contributed by atoms with Gasteiger partial charge < -0.3 is 19.3 Å².